The first-order valence-electron chi connectivity index (χ1n) is 8.04. The van der Waals surface area contributed by atoms with Crippen LogP contribution < -0.4 is 15.0 Å². The number of hydrogen-bond donors (Lipinski definition) is 1. The van der Waals surface area contributed by atoms with Crippen LogP contribution in [0.1, 0.15) is 36.1 Å². The third kappa shape index (κ3) is 2.22. The summed E-state index contributed by atoms with van der Waals surface area (Å²) in [6, 6.07) is 11.8. The number of ether oxygens (including phenoxy) is 1. The summed E-state index contributed by atoms with van der Waals surface area (Å²) in [5.41, 5.74) is 3.47. The lowest BCUT2D eigenvalue weighted by Gasteiger charge is -2.51. The van der Waals surface area contributed by atoms with E-state index in [1.807, 2.05) is 44.2 Å². The fraction of sp³-hybridized carbons (Fsp3) is 0.316. The molecule has 0 unspecified atom stereocenters. The molecule has 2 atom stereocenters. The Kier molecular flexibility index (Phi) is 3.39. The minimum atomic E-state index is -0.702. The Morgan fingerprint density at radius 2 is 2.08 bits per heavy atom. The second-order valence-corrected chi connectivity index (χ2v) is 7.64. The molecule has 4 rings (SSSR count). The van der Waals surface area contributed by atoms with E-state index >= 15 is 0 Å². The van der Waals surface area contributed by atoms with Gasteiger partial charge in [-0.1, -0.05) is 28.1 Å². The fourth-order valence-corrected chi connectivity index (χ4v) is 4.07. The van der Waals surface area contributed by atoms with Crippen LogP contribution in [0, 0.1) is 13.8 Å². The molecule has 1 N–H and O–H groups in total. The molecule has 4 nitrogen and oxygen atoms in total. The first-order chi connectivity index (χ1) is 11.4. The van der Waals surface area contributed by atoms with Crippen LogP contribution in [0.15, 0.2) is 40.9 Å². The van der Waals surface area contributed by atoms with Crippen molar-refractivity contribution in [1.29, 1.82) is 0 Å². The number of nitrogens with zero attached hydrogens (tertiary/aromatic N) is 1. The molecule has 24 heavy (non-hydrogen) atoms. The molecule has 0 aliphatic carbocycles. The van der Waals surface area contributed by atoms with Gasteiger partial charge in [0.25, 0.3) is 0 Å². The van der Waals surface area contributed by atoms with Crippen molar-refractivity contribution in [2.24, 2.45) is 0 Å². The molecule has 5 heteroatoms. The molecule has 124 valence electrons. The summed E-state index contributed by atoms with van der Waals surface area (Å²) in [6.45, 7) is 6.09. The molecular formula is C19H19BrN2O2. The van der Waals surface area contributed by atoms with E-state index < -0.39 is 5.72 Å². The molecule has 2 heterocycles. The molecule has 2 amide bonds. The minimum absolute atomic E-state index is 0.0369. The number of carbonyl (C=O) groups is 1. The number of halogens is 1. The molecule has 2 aromatic carbocycles. The quantitative estimate of drug-likeness (QED) is 0.761. The van der Waals surface area contributed by atoms with Crippen LogP contribution in [0.3, 0.4) is 0 Å². The number of urea groups is 1. The van der Waals surface area contributed by atoms with Gasteiger partial charge in [-0.15, -0.1) is 0 Å². The lowest BCUT2D eigenvalue weighted by molar-refractivity contribution is 0.0377. The van der Waals surface area contributed by atoms with Crippen LogP contribution in [0.5, 0.6) is 5.75 Å². The molecule has 0 saturated carbocycles. The Bertz CT molecular complexity index is 851. The second-order valence-electron chi connectivity index (χ2n) is 6.72. The van der Waals surface area contributed by atoms with Gasteiger partial charge >= 0.3 is 6.03 Å². The number of fused-ring (bicyclic) bond motifs is 4. The fourth-order valence-electron chi connectivity index (χ4n) is 3.69. The van der Waals surface area contributed by atoms with Gasteiger partial charge in [0.05, 0.1) is 11.7 Å². The van der Waals surface area contributed by atoms with Gasteiger partial charge in [0.15, 0.2) is 5.72 Å². The van der Waals surface area contributed by atoms with Crippen molar-refractivity contribution in [3.63, 3.8) is 0 Å². The molecular weight excluding hydrogens is 368 g/mol. The van der Waals surface area contributed by atoms with Crippen molar-refractivity contribution in [2.45, 2.75) is 39.0 Å². The Balaban J connectivity index is 1.84. The van der Waals surface area contributed by atoms with E-state index in [2.05, 4.69) is 34.2 Å². The van der Waals surface area contributed by atoms with Gasteiger partial charge in [-0.2, -0.15) is 0 Å². The first kappa shape index (κ1) is 15.5. The molecule has 2 bridgehead atoms. The van der Waals surface area contributed by atoms with E-state index in [1.54, 1.807) is 4.90 Å². The Labute approximate surface area is 149 Å². The minimum Gasteiger partial charge on any atom is -0.467 e. The number of hydrogen-bond acceptors (Lipinski definition) is 2. The summed E-state index contributed by atoms with van der Waals surface area (Å²) in [7, 11) is 0. The number of rotatable bonds is 1. The molecule has 2 aromatic rings. The predicted molar refractivity (Wildman–Crippen MR) is 97.5 cm³/mol. The van der Waals surface area contributed by atoms with Gasteiger partial charge in [0, 0.05) is 16.5 Å². The van der Waals surface area contributed by atoms with Crippen molar-refractivity contribution >= 4 is 27.6 Å². The van der Waals surface area contributed by atoms with Crippen LogP contribution in [-0.4, -0.2) is 11.8 Å². The molecule has 0 spiro atoms. The average molecular weight is 387 g/mol. The summed E-state index contributed by atoms with van der Waals surface area (Å²) >= 11 is 3.50. The highest BCUT2D eigenvalue weighted by molar-refractivity contribution is 9.10. The highest BCUT2D eigenvalue weighted by atomic mass is 79.9. The van der Waals surface area contributed by atoms with Crippen molar-refractivity contribution in [3.8, 4) is 5.75 Å². The van der Waals surface area contributed by atoms with Crippen molar-refractivity contribution < 1.29 is 9.53 Å². The number of nitrogens with one attached hydrogen (secondary N) is 1. The van der Waals surface area contributed by atoms with Gasteiger partial charge in [-0.05, 0) is 56.2 Å². The van der Waals surface area contributed by atoms with E-state index in [4.69, 9.17) is 4.74 Å². The molecule has 0 aromatic heterocycles. The van der Waals surface area contributed by atoms with Gasteiger partial charge in [-0.3, -0.25) is 4.90 Å². The second kappa shape index (κ2) is 5.24. The zero-order valence-corrected chi connectivity index (χ0v) is 15.5. The average Bonchev–Trinajstić information content (AvgIpc) is 2.52. The zero-order valence-electron chi connectivity index (χ0n) is 13.9. The SMILES string of the molecule is Cc1cccc(N2C(=O)N[C@H]3C[C@]2(C)Oc2ccc(Br)cc23)c1C. The third-order valence-corrected chi connectivity index (χ3v) is 5.54. The third-order valence-electron chi connectivity index (χ3n) is 5.05. The van der Waals surface area contributed by atoms with Crippen molar-refractivity contribution in [1.82, 2.24) is 5.32 Å². The summed E-state index contributed by atoms with van der Waals surface area (Å²) in [5, 5.41) is 3.14. The van der Waals surface area contributed by atoms with Gasteiger partial charge < -0.3 is 10.1 Å². The van der Waals surface area contributed by atoms with E-state index in [0.29, 0.717) is 6.42 Å². The molecule has 2 aliphatic heterocycles. The van der Waals surface area contributed by atoms with E-state index in [1.165, 1.54) is 0 Å². The van der Waals surface area contributed by atoms with Gasteiger partial charge in [-0.25, -0.2) is 4.79 Å². The van der Waals surface area contributed by atoms with Crippen LogP contribution in [0.4, 0.5) is 10.5 Å². The van der Waals surface area contributed by atoms with Gasteiger partial charge in [0.2, 0.25) is 0 Å². The molecule has 1 fully saturated rings. The van der Waals surface area contributed by atoms with E-state index in [0.717, 1.165) is 32.6 Å². The normalized spacial score (nSPS) is 24.9. The maximum Gasteiger partial charge on any atom is 0.325 e. The lowest BCUT2D eigenvalue weighted by Crippen LogP contribution is -2.65. The summed E-state index contributed by atoms with van der Waals surface area (Å²) in [6.07, 6.45) is 0.704. The number of amides is 2. The molecule has 1 saturated heterocycles. The zero-order chi connectivity index (χ0) is 17.1. The molecule has 0 radical (unpaired) electrons. The van der Waals surface area contributed by atoms with Crippen LogP contribution in [0.25, 0.3) is 0 Å². The Hall–Kier alpha value is -2.01. The number of aryl methyl sites for hydroxylation is 1. The number of benzene rings is 2. The van der Waals surface area contributed by atoms with E-state index in [9.17, 15) is 4.79 Å². The summed E-state index contributed by atoms with van der Waals surface area (Å²) in [5.74, 6) is 0.826. The maximum absolute atomic E-state index is 12.9. The maximum atomic E-state index is 12.9. The van der Waals surface area contributed by atoms with Crippen molar-refractivity contribution in [3.05, 3.63) is 57.6 Å². The molecule has 2 aliphatic rings. The van der Waals surface area contributed by atoms with Crippen LogP contribution in [0.2, 0.25) is 0 Å². The highest BCUT2D eigenvalue weighted by Gasteiger charge is 2.50. The largest absolute Gasteiger partial charge is 0.467 e. The predicted octanol–water partition coefficient (Wildman–Crippen LogP) is 4.84. The number of carbonyl (C=O) groups excluding carboxylic acids is 1. The van der Waals surface area contributed by atoms with Crippen LogP contribution >= 0.6 is 15.9 Å². The van der Waals surface area contributed by atoms with E-state index in [-0.39, 0.29) is 12.1 Å². The summed E-state index contributed by atoms with van der Waals surface area (Å²) < 4.78 is 7.31. The van der Waals surface area contributed by atoms with Gasteiger partial charge in [0.1, 0.15) is 5.75 Å². The summed E-state index contributed by atoms with van der Waals surface area (Å²) in [4.78, 5) is 14.7. The lowest BCUT2D eigenvalue weighted by atomic mass is 9.89. The Morgan fingerprint density at radius 3 is 2.88 bits per heavy atom. The Morgan fingerprint density at radius 1 is 1.29 bits per heavy atom. The highest BCUT2D eigenvalue weighted by Crippen LogP contribution is 2.46. The number of anilines is 1. The standard InChI is InChI=1S/C19H19BrN2O2/c1-11-5-4-6-16(12(11)2)22-18(23)21-15-10-19(22,3)24-17-8-7-13(20)9-14(15)17/h4-9,15H,10H2,1-3H3,(H,21,23)/t15-,19-/m0/s1. The van der Waals surface area contributed by atoms with Crippen LogP contribution in [-0.2, 0) is 0 Å². The van der Waals surface area contributed by atoms with Crippen molar-refractivity contribution in [2.75, 3.05) is 4.90 Å². The topological polar surface area (TPSA) is 41.6 Å². The first-order valence-corrected chi connectivity index (χ1v) is 8.84. The monoisotopic (exact) mass is 386 g/mol. The smallest absolute Gasteiger partial charge is 0.325 e.